The van der Waals surface area contributed by atoms with E-state index in [1.807, 2.05) is 26.8 Å². The minimum absolute atomic E-state index is 0.0669. The highest BCUT2D eigenvalue weighted by molar-refractivity contribution is 8.02. The van der Waals surface area contributed by atoms with E-state index in [9.17, 15) is 48.3 Å². The van der Waals surface area contributed by atoms with Gasteiger partial charge in [0.15, 0.2) is 0 Å². The van der Waals surface area contributed by atoms with Crippen LogP contribution >= 0.6 is 11.8 Å². The summed E-state index contributed by atoms with van der Waals surface area (Å²) in [6.07, 6.45) is 7.57. The van der Waals surface area contributed by atoms with Crippen LogP contribution in [0.3, 0.4) is 0 Å². The first kappa shape index (κ1) is 52.2. The molecule has 61 heavy (non-hydrogen) atoms. The van der Waals surface area contributed by atoms with Crippen LogP contribution in [0, 0.1) is 17.3 Å². The molecule has 20 heteroatoms. The second-order valence-electron chi connectivity index (χ2n) is 17.1. The van der Waals surface area contributed by atoms with Crippen LogP contribution in [0.4, 0.5) is 0 Å². The van der Waals surface area contributed by atoms with Crippen molar-refractivity contribution < 1.29 is 48.3 Å². The van der Waals surface area contributed by atoms with Crippen molar-refractivity contribution in [3.8, 4) is 0 Å². The number of primary amides is 1. The highest BCUT2D eigenvalue weighted by atomic mass is 32.2. The van der Waals surface area contributed by atoms with E-state index in [2.05, 4.69) is 69.4 Å². The average Bonchev–Trinajstić information content (AvgIpc) is 3.17. The van der Waals surface area contributed by atoms with Crippen molar-refractivity contribution in [3.63, 3.8) is 0 Å². The molecule has 1 saturated heterocycles. The molecule has 0 aromatic rings. The van der Waals surface area contributed by atoms with Gasteiger partial charge in [-0.25, -0.2) is 0 Å². The van der Waals surface area contributed by atoms with E-state index >= 15 is 0 Å². The Labute approximate surface area is 362 Å². The van der Waals surface area contributed by atoms with Crippen LogP contribution in [-0.4, -0.2) is 113 Å². The number of thioether (sulfide) groups is 1. The number of allylic oxidation sites excluding steroid dienone is 2. The number of amides is 9. The Kier molecular flexibility index (Phi) is 21.4. The molecule has 0 aromatic carbocycles. The number of aliphatic hydroxyl groups is 1. The predicted octanol–water partition coefficient (Wildman–Crippen LogP) is -0.368. The minimum atomic E-state index is -2.13. The third kappa shape index (κ3) is 18.3. The van der Waals surface area contributed by atoms with Crippen LogP contribution in [0.2, 0.25) is 0 Å². The summed E-state index contributed by atoms with van der Waals surface area (Å²) in [6.45, 7) is 12.2. The third-order valence-electron chi connectivity index (χ3n) is 10.3. The van der Waals surface area contributed by atoms with Crippen molar-refractivity contribution >= 4 is 64.9 Å². The summed E-state index contributed by atoms with van der Waals surface area (Å²) in [5.74, 6) is -7.28. The van der Waals surface area contributed by atoms with Gasteiger partial charge in [-0.15, -0.1) is 11.8 Å². The first-order chi connectivity index (χ1) is 28.6. The zero-order valence-electron chi connectivity index (χ0n) is 36.4. The number of hydrogen-bond acceptors (Lipinski definition) is 11. The molecule has 19 nitrogen and oxygen atoms in total. The molecule has 1 spiro atoms. The van der Waals surface area contributed by atoms with E-state index in [-0.39, 0.29) is 42.3 Å². The summed E-state index contributed by atoms with van der Waals surface area (Å²) in [5.41, 5.74) is 3.29. The van der Waals surface area contributed by atoms with Gasteiger partial charge in [0.05, 0.1) is 13.2 Å². The zero-order chi connectivity index (χ0) is 45.9. The second-order valence-corrected chi connectivity index (χ2v) is 18.0. The Bertz CT molecular complexity index is 1650. The maximum absolute atomic E-state index is 14.6. The van der Waals surface area contributed by atoms with E-state index in [1.165, 1.54) is 18.5 Å². The maximum Gasteiger partial charge on any atom is 0.248 e. The molecule has 0 saturated carbocycles. The van der Waals surface area contributed by atoms with Gasteiger partial charge in [-0.2, -0.15) is 0 Å². The minimum Gasteiger partial charge on any atom is -0.394 e. The van der Waals surface area contributed by atoms with Crippen molar-refractivity contribution in [2.24, 2.45) is 23.0 Å². The van der Waals surface area contributed by atoms with Crippen molar-refractivity contribution in [3.05, 3.63) is 23.8 Å². The fourth-order valence-corrected chi connectivity index (χ4v) is 8.07. The van der Waals surface area contributed by atoms with E-state index in [4.69, 9.17) is 5.73 Å². The van der Waals surface area contributed by atoms with Crippen LogP contribution < -0.4 is 48.3 Å². The fourth-order valence-electron chi connectivity index (χ4n) is 7.20. The highest BCUT2D eigenvalue weighted by Gasteiger charge is 2.46. The lowest BCUT2D eigenvalue weighted by atomic mass is 9.79. The normalized spacial score (nSPS) is 25.1. The Morgan fingerprint density at radius 1 is 0.951 bits per heavy atom. The molecule has 2 heterocycles. The molecule has 342 valence electrons. The highest BCUT2D eigenvalue weighted by Crippen LogP contribution is 2.32. The van der Waals surface area contributed by atoms with Crippen molar-refractivity contribution in [1.82, 2.24) is 42.5 Å². The lowest BCUT2D eigenvalue weighted by Crippen LogP contribution is -2.67. The van der Waals surface area contributed by atoms with Crippen LogP contribution in [0.15, 0.2) is 23.8 Å². The van der Waals surface area contributed by atoms with Gasteiger partial charge in [0.25, 0.3) is 0 Å². The molecule has 0 aliphatic carbocycles. The van der Waals surface area contributed by atoms with Gasteiger partial charge in [-0.05, 0) is 68.6 Å². The number of rotatable bonds is 17. The molecule has 11 N–H and O–H groups in total. The molecule has 1 fully saturated rings. The fraction of sp³-hybridized carbons (Fsp3) is 0.683. The van der Waals surface area contributed by atoms with Gasteiger partial charge in [0.1, 0.15) is 35.7 Å². The van der Waals surface area contributed by atoms with Gasteiger partial charge < -0.3 is 53.4 Å². The van der Waals surface area contributed by atoms with Crippen LogP contribution in [0.1, 0.15) is 106 Å². The standard InChI is InChI=1S/C41H67N9O10S/c1-8-11-25(4)19-40(6,7)15-10-9-12-32(53)45-26(5)34(55)47-29-20-41(50-33(54)21-44-35(56)28(18-24(2)3)46-38(29)59)23-61-17-16-43-36(57)30(22-51)48-37(58)27(49-39(41)60)13-14-31(42)52/h8,11,16-17,24-30,51H,9-10,12-15,18-23H2,1-7H3,(H2,42,52)(H,43,57)(H,44,56)(H,45,53)(H,46,59)(H,47,55)(H,48,58)(H,49,60)(H,50,54)/b11-8-,17-16-. The monoisotopic (exact) mass is 877 g/mol. The van der Waals surface area contributed by atoms with E-state index in [0.29, 0.717) is 12.3 Å². The number of carbonyl (C=O) groups excluding carboxylic acids is 9. The Morgan fingerprint density at radius 3 is 2.28 bits per heavy atom. The molecule has 0 bridgehead atoms. The number of nitrogens with one attached hydrogen (secondary N) is 8. The molecule has 9 amide bonds. The first-order valence-corrected chi connectivity index (χ1v) is 21.9. The summed E-state index contributed by atoms with van der Waals surface area (Å²) in [6, 6.07) is -6.93. The molecule has 0 radical (unpaired) electrons. The van der Waals surface area contributed by atoms with Crippen LogP contribution in [0.25, 0.3) is 0 Å². The lowest BCUT2D eigenvalue weighted by Gasteiger charge is -2.37. The molecule has 2 rings (SSSR count). The third-order valence-corrected chi connectivity index (χ3v) is 11.3. The molecular weight excluding hydrogens is 811 g/mol. The van der Waals surface area contributed by atoms with E-state index in [1.54, 1.807) is 0 Å². The topological polar surface area (TPSA) is 296 Å². The number of nitrogens with two attached hydrogens (primary N) is 1. The molecule has 7 unspecified atom stereocenters. The average molecular weight is 878 g/mol. The van der Waals surface area contributed by atoms with Gasteiger partial charge in [-0.1, -0.05) is 53.2 Å². The molecule has 0 aromatic heterocycles. The predicted molar refractivity (Wildman–Crippen MR) is 229 cm³/mol. The Balaban J connectivity index is 2.50. The number of hydrogen-bond donors (Lipinski definition) is 10. The summed E-state index contributed by atoms with van der Waals surface area (Å²) in [4.78, 5) is 120. The largest absolute Gasteiger partial charge is 0.394 e. The first-order valence-electron chi connectivity index (χ1n) is 20.8. The Hall–Kier alpha value is -4.98. The smallest absolute Gasteiger partial charge is 0.248 e. The summed E-state index contributed by atoms with van der Waals surface area (Å²) in [5, 5.41) is 31.5. The van der Waals surface area contributed by atoms with Gasteiger partial charge in [-0.3, -0.25) is 43.2 Å². The zero-order valence-corrected chi connectivity index (χ0v) is 37.3. The van der Waals surface area contributed by atoms with Crippen LogP contribution in [0.5, 0.6) is 0 Å². The van der Waals surface area contributed by atoms with Gasteiger partial charge >= 0.3 is 0 Å². The summed E-state index contributed by atoms with van der Waals surface area (Å²) in [7, 11) is 0. The van der Waals surface area contributed by atoms with Gasteiger partial charge in [0, 0.05) is 31.2 Å². The lowest BCUT2D eigenvalue weighted by molar-refractivity contribution is -0.138. The summed E-state index contributed by atoms with van der Waals surface area (Å²) >= 11 is 0.907. The number of unbranched alkanes of at least 4 members (excludes halogenated alkanes) is 1. The van der Waals surface area contributed by atoms with E-state index in [0.717, 1.165) is 31.0 Å². The van der Waals surface area contributed by atoms with E-state index < -0.39 is 109 Å². The molecule has 7 atom stereocenters. The van der Waals surface area contributed by atoms with Crippen molar-refractivity contribution in [2.75, 3.05) is 18.9 Å². The molecule has 2 aliphatic heterocycles. The Morgan fingerprint density at radius 2 is 1.64 bits per heavy atom. The van der Waals surface area contributed by atoms with Gasteiger partial charge in [0.2, 0.25) is 53.2 Å². The number of aliphatic hydroxyl groups excluding tert-OH is 1. The van der Waals surface area contributed by atoms with Crippen molar-refractivity contribution in [1.29, 1.82) is 0 Å². The molecule has 2 aliphatic rings. The quantitative estimate of drug-likeness (QED) is 0.0665. The van der Waals surface area contributed by atoms with Crippen LogP contribution in [-0.2, 0) is 43.2 Å². The summed E-state index contributed by atoms with van der Waals surface area (Å²) < 4.78 is 0. The molecular formula is C41H67N9O10S. The maximum atomic E-state index is 14.6. The number of carbonyl (C=O) groups is 9. The SMILES string of the molecule is C/C=C\C(C)CC(C)(C)CCCCC(=O)NC(C)C(=O)NC1CC2(CS/C=C\NC(=O)C(CO)NC(=O)C(CCC(N)=O)NC2=O)NC(=O)CNC(=O)C(CC(C)C)NC1=O. The second kappa shape index (κ2) is 25.1. The van der Waals surface area contributed by atoms with Crippen molar-refractivity contribution in [2.45, 2.75) is 142 Å².